The van der Waals surface area contributed by atoms with E-state index < -0.39 is 6.10 Å². The Labute approximate surface area is 409 Å². The predicted octanol–water partition coefficient (Wildman–Crippen LogP) is 18.8. The van der Waals surface area contributed by atoms with Crippen molar-refractivity contribution >= 4 is 17.9 Å². The second kappa shape index (κ2) is 54.7. The molecule has 0 bridgehead atoms. The monoisotopic (exact) mass is 923 g/mol. The minimum Gasteiger partial charge on any atom is -0.462 e. The molecule has 0 aromatic carbocycles. The number of hydrogen-bond donors (Lipinski definition) is 0. The molecule has 0 fully saturated rings. The maximum absolute atomic E-state index is 12.8. The van der Waals surface area contributed by atoms with Crippen molar-refractivity contribution in [3.05, 3.63) is 60.8 Å². The van der Waals surface area contributed by atoms with E-state index in [2.05, 4.69) is 51.2 Å². The molecule has 0 radical (unpaired) electrons. The fraction of sp³-hybridized carbons (Fsp3) is 0.783. The van der Waals surface area contributed by atoms with E-state index in [1.165, 1.54) is 161 Å². The van der Waals surface area contributed by atoms with E-state index in [1.807, 2.05) is 30.4 Å². The van der Waals surface area contributed by atoms with Gasteiger partial charge in [-0.1, -0.05) is 261 Å². The molecule has 0 aromatic rings. The van der Waals surface area contributed by atoms with Crippen molar-refractivity contribution in [2.24, 2.45) is 0 Å². The van der Waals surface area contributed by atoms with Gasteiger partial charge in [0, 0.05) is 19.3 Å². The third kappa shape index (κ3) is 52.1. The van der Waals surface area contributed by atoms with Crippen LogP contribution in [0.3, 0.4) is 0 Å². The van der Waals surface area contributed by atoms with Crippen LogP contribution < -0.4 is 0 Å². The van der Waals surface area contributed by atoms with E-state index >= 15 is 0 Å². The zero-order chi connectivity index (χ0) is 47.9. The molecule has 0 spiro atoms. The number of esters is 3. The zero-order valence-corrected chi connectivity index (χ0v) is 43.7. The summed E-state index contributed by atoms with van der Waals surface area (Å²) < 4.78 is 16.8. The minimum absolute atomic E-state index is 0.0878. The number of carbonyl (C=O) groups excluding carboxylic acids is 3. The molecule has 6 heteroatoms. The maximum atomic E-state index is 12.8. The molecule has 0 aliphatic carbocycles. The van der Waals surface area contributed by atoms with Gasteiger partial charge in [-0.15, -0.1) is 0 Å². The molecule has 0 N–H and O–H groups in total. The molecular weight excluding hydrogens is 817 g/mol. The Bertz CT molecular complexity index is 1200. The first-order chi connectivity index (χ1) is 32.5. The van der Waals surface area contributed by atoms with Gasteiger partial charge in [-0.05, 0) is 64.2 Å². The van der Waals surface area contributed by atoms with Crippen LogP contribution in [0.25, 0.3) is 0 Å². The Morgan fingerprint density at radius 2 is 0.606 bits per heavy atom. The average molecular weight is 924 g/mol. The van der Waals surface area contributed by atoms with Gasteiger partial charge in [0.15, 0.2) is 6.10 Å². The number of ether oxygens (including phenoxy) is 3. The van der Waals surface area contributed by atoms with Crippen LogP contribution in [0.2, 0.25) is 0 Å². The smallest absolute Gasteiger partial charge is 0.306 e. The summed E-state index contributed by atoms with van der Waals surface area (Å²) in [6, 6.07) is 0. The Hall–Kier alpha value is -2.89. The highest BCUT2D eigenvalue weighted by Gasteiger charge is 2.19. The van der Waals surface area contributed by atoms with Crippen LogP contribution in [0.1, 0.15) is 284 Å². The van der Waals surface area contributed by atoms with Crippen LogP contribution in [-0.4, -0.2) is 37.2 Å². The first-order valence-corrected chi connectivity index (χ1v) is 28.3. The van der Waals surface area contributed by atoms with E-state index in [9.17, 15) is 14.4 Å². The Morgan fingerprint density at radius 1 is 0.318 bits per heavy atom. The molecule has 66 heavy (non-hydrogen) atoms. The van der Waals surface area contributed by atoms with Gasteiger partial charge in [0.05, 0.1) is 0 Å². The number of carbonyl (C=O) groups is 3. The molecule has 6 nitrogen and oxygen atoms in total. The van der Waals surface area contributed by atoms with Crippen molar-refractivity contribution in [1.82, 2.24) is 0 Å². The van der Waals surface area contributed by atoms with Gasteiger partial charge >= 0.3 is 17.9 Å². The van der Waals surface area contributed by atoms with Gasteiger partial charge in [-0.25, -0.2) is 0 Å². The lowest BCUT2D eigenvalue weighted by molar-refractivity contribution is -0.167. The van der Waals surface area contributed by atoms with Gasteiger partial charge in [0.1, 0.15) is 13.2 Å². The van der Waals surface area contributed by atoms with Crippen LogP contribution in [-0.2, 0) is 28.6 Å². The molecule has 382 valence electrons. The molecule has 1 atom stereocenters. The first kappa shape index (κ1) is 63.1. The van der Waals surface area contributed by atoms with Crippen molar-refractivity contribution in [1.29, 1.82) is 0 Å². The molecular formula is C60H106O6. The van der Waals surface area contributed by atoms with Crippen molar-refractivity contribution in [2.75, 3.05) is 13.2 Å². The molecule has 0 aromatic heterocycles. The van der Waals surface area contributed by atoms with Crippen molar-refractivity contribution in [3.63, 3.8) is 0 Å². The molecule has 0 saturated heterocycles. The Kier molecular flexibility index (Phi) is 52.3. The first-order valence-electron chi connectivity index (χ1n) is 28.3. The molecule has 0 rings (SSSR count). The van der Waals surface area contributed by atoms with Crippen molar-refractivity contribution in [3.8, 4) is 0 Å². The fourth-order valence-electron chi connectivity index (χ4n) is 8.10. The van der Waals surface area contributed by atoms with E-state index in [4.69, 9.17) is 14.2 Å². The number of unbranched alkanes of at least 4 members (excludes halogenated alkanes) is 33. The summed E-state index contributed by atoms with van der Waals surface area (Å²) in [5, 5.41) is 0. The van der Waals surface area contributed by atoms with E-state index in [-0.39, 0.29) is 31.1 Å². The standard InChI is InChI=1S/C60H106O6/c1-4-7-10-13-16-19-22-25-27-29-30-31-33-35-38-41-44-47-50-53-59(62)65-56-57(55-64-58(61)52-49-46-43-40-37-34-24-21-18-15-12-9-6-3)66-60(63)54-51-48-45-42-39-36-32-28-26-23-20-17-14-11-8-5-2/h9,12,15,18,21,24,28,32,34,37,57H,4-8,10-11,13-14,16-17,19-20,22-23,25-27,29-31,33,35-36,38-56H2,1-3H3/b12-9-,18-15-,24-21-,32-28-,37-34-. The number of allylic oxidation sites excluding steroid dienone is 10. The van der Waals surface area contributed by atoms with Gasteiger partial charge in [-0.2, -0.15) is 0 Å². The van der Waals surface area contributed by atoms with Crippen molar-refractivity contribution < 1.29 is 28.6 Å². The Balaban J connectivity index is 4.37. The molecule has 0 saturated carbocycles. The molecule has 0 aliphatic rings. The molecule has 0 aliphatic heterocycles. The normalized spacial score (nSPS) is 12.5. The zero-order valence-electron chi connectivity index (χ0n) is 43.7. The van der Waals surface area contributed by atoms with Gasteiger partial charge in [0.2, 0.25) is 0 Å². The summed E-state index contributed by atoms with van der Waals surface area (Å²) in [6.45, 7) is 6.48. The maximum Gasteiger partial charge on any atom is 0.306 e. The van der Waals surface area contributed by atoms with Crippen LogP contribution in [0, 0.1) is 0 Å². The lowest BCUT2D eigenvalue weighted by atomic mass is 10.0. The third-order valence-corrected chi connectivity index (χ3v) is 12.4. The van der Waals surface area contributed by atoms with E-state index in [0.29, 0.717) is 19.3 Å². The summed E-state index contributed by atoms with van der Waals surface area (Å²) >= 11 is 0. The lowest BCUT2D eigenvalue weighted by Crippen LogP contribution is -2.30. The summed E-state index contributed by atoms with van der Waals surface area (Å²) in [5.41, 5.74) is 0. The molecule has 0 amide bonds. The topological polar surface area (TPSA) is 78.9 Å². The predicted molar refractivity (Wildman–Crippen MR) is 284 cm³/mol. The lowest BCUT2D eigenvalue weighted by Gasteiger charge is -2.18. The van der Waals surface area contributed by atoms with Crippen molar-refractivity contribution in [2.45, 2.75) is 290 Å². The largest absolute Gasteiger partial charge is 0.462 e. The highest BCUT2D eigenvalue weighted by molar-refractivity contribution is 5.71. The van der Waals surface area contributed by atoms with Crippen LogP contribution in [0.4, 0.5) is 0 Å². The van der Waals surface area contributed by atoms with Crippen LogP contribution >= 0.6 is 0 Å². The van der Waals surface area contributed by atoms with E-state index in [0.717, 1.165) is 83.5 Å². The summed E-state index contributed by atoms with van der Waals surface area (Å²) in [5.74, 6) is -0.926. The summed E-state index contributed by atoms with van der Waals surface area (Å²) in [7, 11) is 0. The molecule has 0 heterocycles. The molecule has 1 unspecified atom stereocenters. The summed E-state index contributed by atoms with van der Waals surface area (Å²) in [4.78, 5) is 38.1. The number of hydrogen-bond acceptors (Lipinski definition) is 6. The van der Waals surface area contributed by atoms with Gasteiger partial charge in [0.25, 0.3) is 0 Å². The summed E-state index contributed by atoms with van der Waals surface area (Å²) in [6.07, 6.45) is 67.9. The highest BCUT2D eigenvalue weighted by Crippen LogP contribution is 2.16. The Morgan fingerprint density at radius 3 is 0.985 bits per heavy atom. The van der Waals surface area contributed by atoms with Crippen LogP contribution in [0.15, 0.2) is 60.8 Å². The minimum atomic E-state index is -0.793. The second-order valence-electron chi connectivity index (χ2n) is 18.9. The highest BCUT2D eigenvalue weighted by atomic mass is 16.6. The third-order valence-electron chi connectivity index (χ3n) is 12.4. The second-order valence-corrected chi connectivity index (χ2v) is 18.9. The van der Waals surface area contributed by atoms with Gasteiger partial charge < -0.3 is 14.2 Å². The quantitative estimate of drug-likeness (QED) is 0.0199. The average Bonchev–Trinajstić information content (AvgIpc) is 3.31. The fourth-order valence-corrected chi connectivity index (χ4v) is 8.10. The van der Waals surface area contributed by atoms with E-state index in [1.54, 1.807) is 0 Å². The van der Waals surface area contributed by atoms with Crippen LogP contribution in [0.5, 0.6) is 0 Å². The SMILES string of the molecule is CC\C=C/C=C\C=C/C=C\CCCCCC(=O)OCC(COC(=O)CCCCCCCCCCCCCCCCCCCCC)OC(=O)CCCCCCC/C=C\CCCCCCCCC. The van der Waals surface area contributed by atoms with Gasteiger partial charge in [-0.3, -0.25) is 14.4 Å². The number of rotatable bonds is 51.